The van der Waals surface area contributed by atoms with Crippen molar-refractivity contribution in [3.63, 3.8) is 0 Å². The minimum Gasteiger partial charge on any atom is -0.486 e. The fourth-order valence-corrected chi connectivity index (χ4v) is 4.44. The number of sulfonamides is 1. The monoisotopic (exact) mass is 468 g/mol. The summed E-state index contributed by atoms with van der Waals surface area (Å²) < 4.78 is 43.4. The van der Waals surface area contributed by atoms with Crippen LogP contribution in [0.2, 0.25) is 0 Å². The van der Waals surface area contributed by atoms with E-state index < -0.39 is 10.0 Å². The first-order chi connectivity index (χ1) is 15.9. The van der Waals surface area contributed by atoms with Crippen molar-refractivity contribution in [2.24, 2.45) is 0 Å². The molecule has 1 heterocycles. The van der Waals surface area contributed by atoms with Crippen LogP contribution in [0.15, 0.2) is 77.7 Å². The molecule has 0 atom stereocenters. The Labute approximate surface area is 192 Å². The Morgan fingerprint density at radius 1 is 0.970 bits per heavy atom. The van der Waals surface area contributed by atoms with Crippen LogP contribution in [-0.2, 0) is 21.4 Å². The second-order valence-electron chi connectivity index (χ2n) is 7.41. The predicted molar refractivity (Wildman–Crippen MR) is 123 cm³/mol. The molecular weight excluding hydrogens is 444 g/mol. The lowest BCUT2D eigenvalue weighted by atomic mass is 10.2. The third-order valence-corrected chi connectivity index (χ3v) is 6.79. The second kappa shape index (κ2) is 9.93. The van der Waals surface area contributed by atoms with E-state index in [0.29, 0.717) is 36.1 Å². The molecule has 0 fully saturated rings. The van der Waals surface area contributed by atoms with Gasteiger partial charge in [-0.25, -0.2) is 8.42 Å². The molecule has 172 valence electrons. The van der Waals surface area contributed by atoms with Crippen molar-refractivity contribution in [3.05, 3.63) is 78.4 Å². The number of anilines is 1. The number of amides is 1. The minimum absolute atomic E-state index is 0.147. The lowest BCUT2D eigenvalue weighted by Crippen LogP contribution is -2.26. The Morgan fingerprint density at radius 2 is 1.67 bits per heavy atom. The van der Waals surface area contributed by atoms with Gasteiger partial charge in [0.25, 0.3) is 5.91 Å². The Bertz CT molecular complexity index is 1210. The molecular formula is C24H24N2O6S. The summed E-state index contributed by atoms with van der Waals surface area (Å²) in [5, 5.41) is 2.73. The SMILES string of the molecule is CN(Cc1ccccc1)S(=O)(=O)c1ccc(OCC(=O)Nc2ccc3c(c2)OCCO3)cc1. The molecule has 8 nitrogen and oxygen atoms in total. The van der Waals surface area contributed by atoms with Crippen LogP contribution in [0.1, 0.15) is 5.56 Å². The number of fused-ring (bicyclic) bond motifs is 1. The van der Waals surface area contributed by atoms with Crippen molar-refractivity contribution in [3.8, 4) is 17.2 Å². The Balaban J connectivity index is 1.32. The van der Waals surface area contributed by atoms with Gasteiger partial charge in [0.05, 0.1) is 4.90 Å². The van der Waals surface area contributed by atoms with E-state index in [1.165, 1.54) is 35.6 Å². The van der Waals surface area contributed by atoms with E-state index in [1.54, 1.807) is 18.2 Å². The number of ether oxygens (including phenoxy) is 3. The van der Waals surface area contributed by atoms with E-state index in [4.69, 9.17) is 14.2 Å². The van der Waals surface area contributed by atoms with E-state index in [-0.39, 0.29) is 24.0 Å². The zero-order valence-corrected chi connectivity index (χ0v) is 18.9. The molecule has 0 unspecified atom stereocenters. The molecule has 9 heteroatoms. The highest BCUT2D eigenvalue weighted by atomic mass is 32.2. The van der Waals surface area contributed by atoms with Crippen LogP contribution in [-0.4, -0.2) is 45.5 Å². The number of hydrogen-bond donors (Lipinski definition) is 1. The van der Waals surface area contributed by atoms with Gasteiger partial charge in [-0.15, -0.1) is 0 Å². The van der Waals surface area contributed by atoms with Crippen molar-refractivity contribution >= 4 is 21.6 Å². The maximum absolute atomic E-state index is 12.8. The van der Waals surface area contributed by atoms with Crippen molar-refractivity contribution < 1.29 is 27.4 Å². The summed E-state index contributed by atoms with van der Waals surface area (Å²) in [6.07, 6.45) is 0. The summed E-state index contributed by atoms with van der Waals surface area (Å²) in [7, 11) is -2.12. The zero-order chi connectivity index (χ0) is 23.3. The van der Waals surface area contributed by atoms with Crippen LogP contribution in [0.25, 0.3) is 0 Å². The topological polar surface area (TPSA) is 94.2 Å². The highest BCUT2D eigenvalue weighted by Crippen LogP contribution is 2.32. The smallest absolute Gasteiger partial charge is 0.262 e. The number of carbonyl (C=O) groups excluding carboxylic acids is 1. The first-order valence-electron chi connectivity index (χ1n) is 10.3. The number of hydrogen-bond acceptors (Lipinski definition) is 6. The molecule has 0 saturated heterocycles. The second-order valence-corrected chi connectivity index (χ2v) is 9.46. The molecule has 1 amide bonds. The van der Waals surface area contributed by atoms with E-state index in [2.05, 4.69) is 5.32 Å². The number of rotatable bonds is 8. The van der Waals surface area contributed by atoms with Gasteiger partial charge in [0.1, 0.15) is 19.0 Å². The van der Waals surface area contributed by atoms with Crippen molar-refractivity contribution in [1.29, 1.82) is 0 Å². The van der Waals surface area contributed by atoms with Gasteiger partial charge in [-0.3, -0.25) is 4.79 Å². The van der Waals surface area contributed by atoms with Crippen molar-refractivity contribution in [2.45, 2.75) is 11.4 Å². The van der Waals surface area contributed by atoms with Crippen LogP contribution < -0.4 is 19.5 Å². The molecule has 4 rings (SSSR count). The summed E-state index contributed by atoms with van der Waals surface area (Å²) in [6.45, 7) is 0.993. The fraction of sp³-hybridized carbons (Fsp3) is 0.208. The van der Waals surface area contributed by atoms with E-state index >= 15 is 0 Å². The van der Waals surface area contributed by atoms with Gasteiger partial charge in [-0.1, -0.05) is 30.3 Å². The highest BCUT2D eigenvalue weighted by molar-refractivity contribution is 7.89. The van der Waals surface area contributed by atoms with Crippen LogP contribution in [0.4, 0.5) is 5.69 Å². The molecule has 33 heavy (non-hydrogen) atoms. The molecule has 0 spiro atoms. The Morgan fingerprint density at radius 3 is 2.39 bits per heavy atom. The molecule has 0 bridgehead atoms. The lowest BCUT2D eigenvalue weighted by Gasteiger charge is -2.19. The molecule has 0 saturated carbocycles. The summed E-state index contributed by atoms with van der Waals surface area (Å²) in [6, 6.07) is 20.5. The van der Waals surface area contributed by atoms with Gasteiger partial charge >= 0.3 is 0 Å². The number of nitrogens with one attached hydrogen (secondary N) is 1. The molecule has 0 aliphatic carbocycles. The predicted octanol–water partition coefficient (Wildman–Crippen LogP) is 3.30. The summed E-state index contributed by atoms with van der Waals surface area (Å²) in [5.74, 6) is 1.25. The number of benzene rings is 3. The molecule has 1 aliphatic rings. The average molecular weight is 469 g/mol. The van der Waals surface area contributed by atoms with Crippen molar-refractivity contribution in [1.82, 2.24) is 4.31 Å². The van der Waals surface area contributed by atoms with Crippen LogP contribution in [0, 0.1) is 0 Å². The average Bonchev–Trinajstić information content (AvgIpc) is 2.83. The highest BCUT2D eigenvalue weighted by Gasteiger charge is 2.21. The lowest BCUT2D eigenvalue weighted by molar-refractivity contribution is -0.118. The van der Waals surface area contributed by atoms with Crippen LogP contribution in [0.5, 0.6) is 17.2 Å². The zero-order valence-electron chi connectivity index (χ0n) is 18.1. The normalized spacial score (nSPS) is 12.9. The third kappa shape index (κ3) is 5.63. The largest absolute Gasteiger partial charge is 0.486 e. The van der Waals surface area contributed by atoms with E-state index in [9.17, 15) is 13.2 Å². The van der Waals surface area contributed by atoms with Crippen molar-refractivity contribution in [2.75, 3.05) is 32.2 Å². The molecule has 3 aromatic carbocycles. The van der Waals surface area contributed by atoms with Gasteiger partial charge in [0.15, 0.2) is 18.1 Å². The Kier molecular flexibility index (Phi) is 6.81. The molecule has 0 radical (unpaired) electrons. The Hall–Kier alpha value is -3.56. The fourth-order valence-electron chi connectivity index (χ4n) is 3.28. The molecule has 1 N–H and O–H groups in total. The maximum atomic E-state index is 12.8. The standard InChI is InChI=1S/C24H24N2O6S/c1-26(16-18-5-3-2-4-6-18)33(28,29)21-10-8-20(9-11-21)32-17-24(27)25-19-7-12-22-23(15-19)31-14-13-30-22/h2-12,15H,13-14,16-17H2,1H3,(H,25,27). The summed E-state index contributed by atoms with van der Waals surface area (Å²) in [4.78, 5) is 12.4. The summed E-state index contributed by atoms with van der Waals surface area (Å²) in [5.41, 5.74) is 1.46. The van der Waals surface area contributed by atoms with Gasteiger partial charge in [-0.2, -0.15) is 4.31 Å². The van der Waals surface area contributed by atoms with Crippen LogP contribution >= 0.6 is 0 Å². The van der Waals surface area contributed by atoms with Gasteiger partial charge < -0.3 is 19.5 Å². The van der Waals surface area contributed by atoms with E-state index in [1.807, 2.05) is 30.3 Å². The number of nitrogens with zero attached hydrogens (tertiary/aromatic N) is 1. The minimum atomic E-state index is -3.66. The third-order valence-electron chi connectivity index (χ3n) is 4.98. The molecule has 1 aliphatic heterocycles. The van der Waals surface area contributed by atoms with Crippen LogP contribution in [0.3, 0.4) is 0 Å². The molecule has 3 aromatic rings. The quantitative estimate of drug-likeness (QED) is 0.545. The van der Waals surface area contributed by atoms with Gasteiger partial charge in [-0.05, 0) is 42.0 Å². The van der Waals surface area contributed by atoms with E-state index in [0.717, 1.165) is 5.56 Å². The van der Waals surface area contributed by atoms with Gasteiger partial charge in [0, 0.05) is 25.3 Å². The first-order valence-corrected chi connectivity index (χ1v) is 11.8. The summed E-state index contributed by atoms with van der Waals surface area (Å²) >= 11 is 0. The maximum Gasteiger partial charge on any atom is 0.262 e. The molecule has 0 aromatic heterocycles. The van der Waals surface area contributed by atoms with Gasteiger partial charge in [0.2, 0.25) is 10.0 Å². The number of carbonyl (C=O) groups is 1. The first kappa shape index (κ1) is 22.6.